The highest BCUT2D eigenvalue weighted by Crippen LogP contribution is 2.25. The smallest absolute Gasteiger partial charge is 0.148 e. The predicted octanol–water partition coefficient (Wildman–Crippen LogP) is 2.29. The molecule has 0 saturated heterocycles. The number of nitrogens with zero attached hydrogens (tertiary/aromatic N) is 1. The summed E-state index contributed by atoms with van der Waals surface area (Å²) in [5.74, 6) is -0.393. The molecule has 0 saturated carbocycles. The summed E-state index contributed by atoms with van der Waals surface area (Å²) in [5.41, 5.74) is 6.66. The highest BCUT2D eigenvalue weighted by Gasteiger charge is 2.12. The van der Waals surface area contributed by atoms with Crippen LogP contribution in [0.4, 0.5) is 15.8 Å². The van der Waals surface area contributed by atoms with Crippen LogP contribution in [0, 0.1) is 5.82 Å². The lowest BCUT2D eigenvalue weighted by Crippen LogP contribution is -2.32. The fourth-order valence-electron chi connectivity index (χ4n) is 1.79. The molecule has 0 aromatic heterocycles. The number of benzene rings is 1. The van der Waals surface area contributed by atoms with Crippen molar-refractivity contribution >= 4 is 11.4 Å². The van der Waals surface area contributed by atoms with Gasteiger partial charge >= 0.3 is 0 Å². The van der Waals surface area contributed by atoms with Crippen molar-refractivity contribution in [2.75, 3.05) is 50.2 Å². The molecule has 0 atom stereocenters. The highest BCUT2D eigenvalue weighted by atomic mass is 19.1. The van der Waals surface area contributed by atoms with Crippen molar-refractivity contribution in [3.8, 4) is 0 Å². The SMILES string of the molecule is CCOCCN(CCOCC)c1cccc(F)c1N. The van der Waals surface area contributed by atoms with E-state index in [4.69, 9.17) is 15.2 Å². The zero-order valence-corrected chi connectivity index (χ0v) is 11.7. The van der Waals surface area contributed by atoms with E-state index in [0.29, 0.717) is 45.2 Å². The maximum atomic E-state index is 13.5. The Kier molecular flexibility index (Phi) is 7.22. The first-order valence-corrected chi connectivity index (χ1v) is 6.65. The highest BCUT2D eigenvalue weighted by molar-refractivity contribution is 5.68. The number of nitrogens with two attached hydrogens (primary N) is 1. The van der Waals surface area contributed by atoms with Crippen molar-refractivity contribution in [2.45, 2.75) is 13.8 Å². The Morgan fingerprint density at radius 1 is 1.11 bits per heavy atom. The normalized spacial score (nSPS) is 10.7. The second-order valence-corrected chi connectivity index (χ2v) is 4.05. The fraction of sp³-hybridized carbons (Fsp3) is 0.571. The number of para-hydroxylation sites is 1. The zero-order valence-electron chi connectivity index (χ0n) is 11.7. The minimum atomic E-state index is -0.393. The lowest BCUT2D eigenvalue weighted by Gasteiger charge is -2.26. The Morgan fingerprint density at radius 3 is 2.21 bits per heavy atom. The van der Waals surface area contributed by atoms with Crippen LogP contribution in [0.5, 0.6) is 0 Å². The number of nitrogen functional groups attached to an aromatic ring is 1. The monoisotopic (exact) mass is 270 g/mol. The maximum absolute atomic E-state index is 13.5. The van der Waals surface area contributed by atoms with Crippen molar-refractivity contribution in [3.05, 3.63) is 24.0 Å². The first kappa shape index (κ1) is 15.7. The zero-order chi connectivity index (χ0) is 14.1. The van der Waals surface area contributed by atoms with Gasteiger partial charge in [0, 0.05) is 26.3 Å². The van der Waals surface area contributed by atoms with Crippen LogP contribution in [-0.4, -0.2) is 39.5 Å². The average molecular weight is 270 g/mol. The molecule has 4 nitrogen and oxygen atoms in total. The summed E-state index contributed by atoms with van der Waals surface area (Å²) in [5, 5.41) is 0. The number of ether oxygens (including phenoxy) is 2. The van der Waals surface area contributed by atoms with Gasteiger partial charge in [-0.3, -0.25) is 0 Å². The Labute approximate surface area is 114 Å². The van der Waals surface area contributed by atoms with E-state index in [2.05, 4.69) is 0 Å². The van der Waals surface area contributed by atoms with E-state index in [0.717, 1.165) is 0 Å². The van der Waals surface area contributed by atoms with Crippen LogP contribution in [0.25, 0.3) is 0 Å². The Balaban J connectivity index is 2.72. The Bertz CT molecular complexity index is 364. The molecule has 1 aromatic carbocycles. The van der Waals surface area contributed by atoms with Crippen molar-refractivity contribution in [3.63, 3.8) is 0 Å². The first-order valence-electron chi connectivity index (χ1n) is 6.65. The lowest BCUT2D eigenvalue weighted by atomic mass is 10.2. The second-order valence-electron chi connectivity index (χ2n) is 4.05. The van der Waals surface area contributed by atoms with Gasteiger partial charge in [-0.2, -0.15) is 0 Å². The number of hydrogen-bond acceptors (Lipinski definition) is 4. The Hall–Kier alpha value is -1.33. The number of halogens is 1. The second kappa shape index (κ2) is 8.72. The van der Waals surface area contributed by atoms with Crippen LogP contribution < -0.4 is 10.6 Å². The van der Waals surface area contributed by atoms with Gasteiger partial charge in [-0.05, 0) is 26.0 Å². The summed E-state index contributed by atoms with van der Waals surface area (Å²) in [4.78, 5) is 1.99. The van der Waals surface area contributed by atoms with Crippen LogP contribution in [0.2, 0.25) is 0 Å². The molecule has 5 heteroatoms. The standard InChI is InChI=1S/C14H23FN2O2/c1-3-18-10-8-17(9-11-19-4-2)13-7-5-6-12(15)14(13)16/h5-7H,3-4,8-11,16H2,1-2H3. The summed E-state index contributed by atoms with van der Waals surface area (Å²) < 4.78 is 24.2. The van der Waals surface area contributed by atoms with Gasteiger partial charge in [-0.1, -0.05) is 6.07 Å². The molecule has 0 spiro atoms. The maximum Gasteiger partial charge on any atom is 0.148 e. The predicted molar refractivity (Wildman–Crippen MR) is 76.0 cm³/mol. The van der Waals surface area contributed by atoms with Crippen LogP contribution in [0.1, 0.15) is 13.8 Å². The summed E-state index contributed by atoms with van der Waals surface area (Å²) in [6.45, 7) is 7.71. The molecule has 0 amide bonds. The molecule has 0 aliphatic carbocycles. The van der Waals surface area contributed by atoms with Crippen molar-refractivity contribution in [1.29, 1.82) is 0 Å². The molecular weight excluding hydrogens is 247 g/mol. The summed E-state index contributed by atoms with van der Waals surface area (Å²) >= 11 is 0. The third-order valence-electron chi connectivity index (χ3n) is 2.79. The molecule has 0 aliphatic rings. The molecule has 0 unspecified atom stereocenters. The van der Waals surface area contributed by atoms with Gasteiger partial charge in [-0.25, -0.2) is 4.39 Å². The fourth-order valence-corrected chi connectivity index (χ4v) is 1.79. The van der Waals surface area contributed by atoms with Crippen LogP contribution >= 0.6 is 0 Å². The van der Waals surface area contributed by atoms with Crippen LogP contribution in [0.15, 0.2) is 18.2 Å². The molecule has 108 valence electrons. The average Bonchev–Trinajstić information content (AvgIpc) is 2.41. The summed E-state index contributed by atoms with van der Waals surface area (Å²) in [6, 6.07) is 4.84. The molecule has 0 fully saturated rings. The number of anilines is 2. The van der Waals surface area contributed by atoms with E-state index in [1.54, 1.807) is 6.07 Å². The van der Waals surface area contributed by atoms with Gasteiger partial charge in [0.1, 0.15) is 5.82 Å². The first-order chi connectivity index (χ1) is 9.20. The van der Waals surface area contributed by atoms with E-state index in [-0.39, 0.29) is 5.69 Å². The van der Waals surface area contributed by atoms with Gasteiger partial charge in [-0.15, -0.1) is 0 Å². The van der Waals surface area contributed by atoms with Crippen LogP contribution in [0.3, 0.4) is 0 Å². The van der Waals surface area contributed by atoms with E-state index in [9.17, 15) is 4.39 Å². The third kappa shape index (κ3) is 5.04. The van der Waals surface area contributed by atoms with E-state index in [1.165, 1.54) is 6.07 Å². The van der Waals surface area contributed by atoms with E-state index < -0.39 is 5.82 Å². The summed E-state index contributed by atoms with van der Waals surface area (Å²) in [6.07, 6.45) is 0. The van der Waals surface area contributed by atoms with Crippen molar-refractivity contribution in [2.24, 2.45) is 0 Å². The molecule has 2 N–H and O–H groups in total. The summed E-state index contributed by atoms with van der Waals surface area (Å²) in [7, 11) is 0. The molecule has 0 aliphatic heterocycles. The molecule has 19 heavy (non-hydrogen) atoms. The largest absolute Gasteiger partial charge is 0.395 e. The van der Waals surface area contributed by atoms with Gasteiger partial charge in [0.15, 0.2) is 0 Å². The van der Waals surface area contributed by atoms with E-state index >= 15 is 0 Å². The molecule has 0 heterocycles. The molecule has 1 rings (SSSR count). The quantitative estimate of drug-likeness (QED) is 0.552. The van der Waals surface area contributed by atoms with E-state index in [1.807, 2.05) is 24.8 Å². The number of rotatable bonds is 9. The third-order valence-corrected chi connectivity index (χ3v) is 2.79. The van der Waals surface area contributed by atoms with Gasteiger partial charge < -0.3 is 20.1 Å². The minimum Gasteiger partial charge on any atom is -0.395 e. The Morgan fingerprint density at radius 2 is 1.68 bits per heavy atom. The molecule has 0 bridgehead atoms. The van der Waals surface area contributed by atoms with Gasteiger partial charge in [0.05, 0.1) is 24.6 Å². The molecule has 1 aromatic rings. The van der Waals surface area contributed by atoms with Gasteiger partial charge in [0.25, 0.3) is 0 Å². The molecular formula is C14H23FN2O2. The number of hydrogen-bond donors (Lipinski definition) is 1. The minimum absolute atomic E-state index is 0.176. The topological polar surface area (TPSA) is 47.7 Å². The van der Waals surface area contributed by atoms with Crippen molar-refractivity contribution < 1.29 is 13.9 Å². The van der Waals surface area contributed by atoms with Crippen LogP contribution in [-0.2, 0) is 9.47 Å². The molecule has 0 radical (unpaired) electrons. The lowest BCUT2D eigenvalue weighted by molar-refractivity contribution is 0.141. The van der Waals surface area contributed by atoms with Crippen molar-refractivity contribution in [1.82, 2.24) is 0 Å². The van der Waals surface area contributed by atoms with Gasteiger partial charge in [0.2, 0.25) is 0 Å².